The van der Waals surface area contributed by atoms with Crippen molar-refractivity contribution in [3.63, 3.8) is 0 Å². The van der Waals surface area contributed by atoms with E-state index in [0.29, 0.717) is 31.0 Å². The predicted octanol–water partition coefficient (Wildman–Crippen LogP) is 4.58. The number of aliphatic hydroxyl groups is 2. The van der Waals surface area contributed by atoms with Gasteiger partial charge in [-0.2, -0.15) is 0 Å². The first-order valence-corrected chi connectivity index (χ1v) is 16.9. The molecule has 2 atom stereocenters. The number of aliphatic hydroxyl groups excluding tert-OH is 2. The van der Waals surface area contributed by atoms with E-state index in [1.165, 1.54) is 0 Å². The summed E-state index contributed by atoms with van der Waals surface area (Å²) in [6, 6.07) is 20.6. The van der Waals surface area contributed by atoms with Crippen molar-refractivity contribution in [1.29, 1.82) is 0 Å². The monoisotopic (exact) mass is 609 g/mol. The second kappa shape index (κ2) is 14.7. The van der Waals surface area contributed by atoms with Gasteiger partial charge in [-0.25, -0.2) is 8.42 Å². The van der Waals surface area contributed by atoms with Crippen molar-refractivity contribution in [1.82, 2.24) is 10.6 Å². The number of nitrogens with zero attached hydrogens (tertiary/aromatic N) is 1. The largest absolute Gasteiger partial charge is 0.489 e. The minimum Gasteiger partial charge on any atom is -0.489 e. The van der Waals surface area contributed by atoms with Gasteiger partial charge in [0, 0.05) is 25.7 Å². The molecule has 0 unspecified atom stereocenters. The van der Waals surface area contributed by atoms with Crippen molar-refractivity contribution in [2.24, 2.45) is 0 Å². The number of fused-ring (bicyclic) bond motifs is 1. The fourth-order valence-corrected chi connectivity index (χ4v) is 7.60. The quantitative estimate of drug-likeness (QED) is 0.155. The number of sulfone groups is 1. The molecule has 4 N–H and O–H groups in total. The van der Waals surface area contributed by atoms with Crippen LogP contribution in [-0.4, -0.2) is 63.3 Å². The van der Waals surface area contributed by atoms with E-state index >= 15 is 0 Å². The maximum absolute atomic E-state index is 14.1. The molecule has 1 heterocycles. The number of unbranched alkanes of at least 4 members (excludes halogenated alkanes) is 2. The highest BCUT2D eigenvalue weighted by Crippen LogP contribution is 2.42. The molecule has 0 saturated carbocycles. The van der Waals surface area contributed by atoms with Crippen molar-refractivity contribution in [2.45, 2.75) is 75.3 Å². The molecule has 3 aromatic carbocycles. The van der Waals surface area contributed by atoms with Crippen LogP contribution in [0, 0.1) is 0 Å². The Labute approximate surface area is 257 Å². The SMILES string of the molecule is CCCCNC1(NCCCC)CS(=O)(=O)c2ccc(N(C)C)cc2[C@@H](c2ccc(OCc3ccc(CO)cc3)cc2)[C@H]1O. The summed E-state index contributed by atoms with van der Waals surface area (Å²) in [5, 5.41) is 28.6. The molecule has 4 rings (SSSR count). The van der Waals surface area contributed by atoms with Crippen LogP contribution in [0.3, 0.4) is 0 Å². The highest BCUT2D eigenvalue weighted by atomic mass is 32.2. The van der Waals surface area contributed by atoms with E-state index in [1.54, 1.807) is 6.07 Å². The third kappa shape index (κ3) is 7.77. The normalized spacial score (nSPS) is 18.9. The maximum Gasteiger partial charge on any atom is 0.181 e. The average Bonchev–Trinajstić information content (AvgIpc) is 3.07. The molecular weight excluding hydrogens is 562 g/mol. The molecule has 0 saturated heterocycles. The van der Waals surface area contributed by atoms with Crippen molar-refractivity contribution in [2.75, 3.05) is 37.8 Å². The molecule has 9 heteroatoms. The van der Waals surface area contributed by atoms with Gasteiger partial charge in [0.2, 0.25) is 0 Å². The Morgan fingerprint density at radius 3 is 2.07 bits per heavy atom. The van der Waals surface area contributed by atoms with Crippen molar-refractivity contribution in [3.8, 4) is 5.75 Å². The Bertz CT molecular complexity index is 1420. The van der Waals surface area contributed by atoms with E-state index < -0.39 is 27.5 Å². The van der Waals surface area contributed by atoms with E-state index in [2.05, 4.69) is 24.5 Å². The van der Waals surface area contributed by atoms with E-state index in [0.717, 1.165) is 48.1 Å². The highest BCUT2D eigenvalue weighted by molar-refractivity contribution is 7.91. The van der Waals surface area contributed by atoms with Crippen LogP contribution in [0.2, 0.25) is 0 Å². The minimum absolute atomic E-state index is 0.000380. The molecule has 234 valence electrons. The zero-order chi connectivity index (χ0) is 31.0. The Morgan fingerprint density at radius 1 is 0.907 bits per heavy atom. The lowest BCUT2D eigenvalue weighted by molar-refractivity contribution is 0.0377. The van der Waals surface area contributed by atoms with Gasteiger partial charge < -0.3 is 19.8 Å². The van der Waals surface area contributed by atoms with Gasteiger partial charge in [0.05, 0.1) is 23.4 Å². The van der Waals surface area contributed by atoms with Crippen LogP contribution >= 0.6 is 0 Å². The average molecular weight is 610 g/mol. The lowest BCUT2D eigenvalue weighted by Crippen LogP contribution is -2.68. The number of anilines is 1. The number of hydrogen-bond acceptors (Lipinski definition) is 8. The second-order valence-corrected chi connectivity index (χ2v) is 13.6. The predicted molar refractivity (Wildman–Crippen MR) is 172 cm³/mol. The molecule has 1 aliphatic rings. The molecule has 0 aromatic heterocycles. The van der Waals surface area contributed by atoms with Crippen molar-refractivity contribution in [3.05, 3.63) is 89.0 Å². The fraction of sp³-hybridized carbons (Fsp3) is 0.471. The van der Waals surface area contributed by atoms with E-state index in [-0.39, 0.29) is 17.3 Å². The minimum atomic E-state index is -3.77. The zero-order valence-corrected chi connectivity index (χ0v) is 26.7. The Morgan fingerprint density at radius 2 is 1.51 bits per heavy atom. The van der Waals surface area contributed by atoms with Gasteiger partial charge in [-0.3, -0.25) is 10.6 Å². The van der Waals surface area contributed by atoms with Crippen LogP contribution < -0.4 is 20.3 Å². The number of rotatable bonds is 14. The number of nitrogens with one attached hydrogen (secondary N) is 2. The zero-order valence-electron chi connectivity index (χ0n) is 25.8. The van der Waals surface area contributed by atoms with Gasteiger partial charge in [0.1, 0.15) is 18.0 Å². The van der Waals surface area contributed by atoms with Crippen LogP contribution in [0.5, 0.6) is 5.75 Å². The van der Waals surface area contributed by atoms with Gasteiger partial charge >= 0.3 is 0 Å². The maximum atomic E-state index is 14.1. The first-order chi connectivity index (χ1) is 20.6. The van der Waals surface area contributed by atoms with E-state index in [4.69, 9.17) is 4.74 Å². The number of benzene rings is 3. The van der Waals surface area contributed by atoms with Crippen molar-refractivity contribution >= 4 is 15.5 Å². The summed E-state index contributed by atoms with van der Waals surface area (Å²) < 4.78 is 34.1. The summed E-state index contributed by atoms with van der Waals surface area (Å²) in [6.45, 7) is 5.72. The van der Waals surface area contributed by atoms with Gasteiger partial charge in [-0.05, 0) is 78.5 Å². The number of hydrogen-bond donors (Lipinski definition) is 4. The Balaban J connectivity index is 1.75. The number of ether oxygens (including phenoxy) is 1. The summed E-state index contributed by atoms with van der Waals surface area (Å²) in [5.74, 6) is -0.202. The first-order valence-electron chi connectivity index (χ1n) is 15.3. The third-order valence-electron chi connectivity index (χ3n) is 8.21. The molecule has 43 heavy (non-hydrogen) atoms. The first kappa shape index (κ1) is 33.0. The molecule has 8 nitrogen and oxygen atoms in total. The molecular formula is C34H47N3O5S. The summed E-state index contributed by atoms with van der Waals surface area (Å²) in [7, 11) is 0.0697. The summed E-state index contributed by atoms with van der Waals surface area (Å²) in [4.78, 5) is 2.20. The molecule has 0 spiro atoms. The topological polar surface area (TPSA) is 111 Å². The standard InChI is InChI=1S/C34H47N3O5S/c1-5-7-19-35-34(36-20-8-6-2)24-43(40,41)31-18-15-28(37(3)4)21-30(31)32(33(34)39)27-13-16-29(17-14-27)42-23-26-11-9-25(22-38)10-12-26/h9-18,21,32-33,35-36,38-39H,5-8,19-20,22-24H2,1-4H3/t32-,33-/m1/s1. The molecule has 0 aliphatic carbocycles. The Hall–Kier alpha value is -2.95. The van der Waals surface area contributed by atoms with Gasteiger partial charge in [-0.15, -0.1) is 0 Å². The third-order valence-corrected chi connectivity index (χ3v) is 10.1. The van der Waals surface area contributed by atoms with Crippen LogP contribution in [0.1, 0.15) is 67.7 Å². The van der Waals surface area contributed by atoms with Crippen LogP contribution in [-0.2, 0) is 23.1 Å². The van der Waals surface area contributed by atoms with E-state index in [1.807, 2.05) is 79.7 Å². The fourth-order valence-electron chi connectivity index (χ4n) is 5.65. The van der Waals surface area contributed by atoms with E-state index in [9.17, 15) is 18.6 Å². The molecule has 0 amide bonds. The highest BCUT2D eigenvalue weighted by Gasteiger charge is 2.50. The summed E-state index contributed by atoms with van der Waals surface area (Å²) in [6.07, 6.45) is 2.54. The second-order valence-electron chi connectivity index (χ2n) is 11.7. The van der Waals surface area contributed by atoms with Gasteiger partial charge in [0.25, 0.3) is 0 Å². The Kier molecular flexibility index (Phi) is 11.3. The van der Waals surface area contributed by atoms with Gasteiger partial charge in [0.15, 0.2) is 9.84 Å². The van der Waals surface area contributed by atoms with Crippen LogP contribution in [0.15, 0.2) is 71.6 Å². The van der Waals surface area contributed by atoms with Crippen LogP contribution in [0.25, 0.3) is 0 Å². The molecule has 0 fully saturated rings. The lowest BCUT2D eigenvalue weighted by Gasteiger charge is -2.41. The molecule has 1 aliphatic heterocycles. The summed E-state index contributed by atoms with van der Waals surface area (Å²) >= 11 is 0. The molecule has 0 bridgehead atoms. The smallest absolute Gasteiger partial charge is 0.181 e. The summed E-state index contributed by atoms with van der Waals surface area (Å²) in [5.41, 5.74) is 2.86. The molecule has 0 radical (unpaired) electrons. The lowest BCUT2D eigenvalue weighted by atomic mass is 9.81. The van der Waals surface area contributed by atoms with Crippen molar-refractivity contribution < 1.29 is 23.4 Å². The van der Waals surface area contributed by atoms with Gasteiger partial charge in [-0.1, -0.05) is 63.1 Å². The van der Waals surface area contributed by atoms with Crippen LogP contribution in [0.4, 0.5) is 5.69 Å². The molecule has 3 aromatic rings.